The minimum absolute atomic E-state index is 0.152. The number of aromatic nitrogens is 3. The van der Waals surface area contributed by atoms with Crippen LogP contribution in [0.4, 0.5) is 19.0 Å². The fourth-order valence-electron chi connectivity index (χ4n) is 3.08. The van der Waals surface area contributed by atoms with E-state index in [1.807, 2.05) is 4.90 Å². The van der Waals surface area contributed by atoms with Crippen LogP contribution in [-0.4, -0.2) is 40.2 Å². The second-order valence-corrected chi connectivity index (χ2v) is 6.45. The Bertz CT molecular complexity index is 951. The second-order valence-electron chi connectivity index (χ2n) is 6.45. The highest BCUT2D eigenvalue weighted by Gasteiger charge is 2.31. The van der Waals surface area contributed by atoms with Crippen LogP contribution in [-0.2, 0) is 6.18 Å². The van der Waals surface area contributed by atoms with E-state index in [-0.39, 0.29) is 17.6 Å². The third-order valence-electron chi connectivity index (χ3n) is 4.52. The lowest BCUT2D eigenvalue weighted by molar-refractivity contribution is -0.137. The van der Waals surface area contributed by atoms with Crippen LogP contribution in [0.15, 0.2) is 47.2 Å². The van der Waals surface area contributed by atoms with Crippen LogP contribution < -0.4 is 10.2 Å². The number of pyridine rings is 1. The van der Waals surface area contributed by atoms with E-state index in [9.17, 15) is 18.0 Å². The summed E-state index contributed by atoms with van der Waals surface area (Å²) in [7, 11) is 0. The lowest BCUT2D eigenvalue weighted by Gasteiger charge is -2.18. The predicted octanol–water partition coefficient (Wildman–Crippen LogP) is 3.09. The maximum atomic E-state index is 12.6. The number of halogens is 3. The highest BCUT2D eigenvalue weighted by Crippen LogP contribution is 2.30. The van der Waals surface area contributed by atoms with Crippen molar-refractivity contribution in [3.63, 3.8) is 0 Å². The number of nitrogens with one attached hydrogen (secondary N) is 2. The standard InChI is InChI=1S/C18H16F3N5O2/c19-18(20,21)11-3-4-16(22-9-11)26-6-5-12(10-26)23-17(27)14-8-13(24-25-14)15-2-1-7-28-15/h1-4,7-9,12H,5-6,10H2,(H,23,27)(H,24,25)/t12-/m1/s1. The molecule has 1 aliphatic rings. The van der Waals surface area contributed by atoms with Gasteiger partial charge < -0.3 is 14.6 Å². The number of nitrogens with zero attached hydrogens (tertiary/aromatic N) is 3. The molecule has 3 aromatic rings. The van der Waals surface area contributed by atoms with Crippen LogP contribution in [0.25, 0.3) is 11.5 Å². The van der Waals surface area contributed by atoms with Gasteiger partial charge in [-0.25, -0.2) is 4.98 Å². The van der Waals surface area contributed by atoms with Gasteiger partial charge in [0.25, 0.3) is 5.91 Å². The van der Waals surface area contributed by atoms with Crippen molar-refractivity contribution in [2.45, 2.75) is 18.6 Å². The van der Waals surface area contributed by atoms with Crippen molar-refractivity contribution in [1.82, 2.24) is 20.5 Å². The van der Waals surface area contributed by atoms with Crippen molar-refractivity contribution < 1.29 is 22.4 Å². The maximum Gasteiger partial charge on any atom is 0.417 e. The SMILES string of the molecule is O=C(N[C@@H]1CCN(c2ccc(C(F)(F)F)cn2)C1)c1cc(-c2ccco2)[nH]n1. The van der Waals surface area contributed by atoms with Gasteiger partial charge in [0, 0.05) is 31.4 Å². The van der Waals surface area contributed by atoms with Gasteiger partial charge in [0.1, 0.15) is 11.5 Å². The number of furan rings is 1. The molecule has 4 heterocycles. The van der Waals surface area contributed by atoms with Gasteiger partial charge in [0.2, 0.25) is 0 Å². The van der Waals surface area contributed by atoms with Crippen LogP contribution in [0.1, 0.15) is 22.5 Å². The quantitative estimate of drug-likeness (QED) is 0.714. The van der Waals surface area contributed by atoms with Crippen LogP contribution in [0.3, 0.4) is 0 Å². The number of carbonyl (C=O) groups excluding carboxylic acids is 1. The van der Waals surface area contributed by atoms with E-state index in [2.05, 4.69) is 20.5 Å². The van der Waals surface area contributed by atoms with Crippen molar-refractivity contribution in [1.29, 1.82) is 0 Å². The summed E-state index contributed by atoms with van der Waals surface area (Å²) in [6, 6.07) is 7.28. The lowest BCUT2D eigenvalue weighted by atomic mass is 10.2. The van der Waals surface area contributed by atoms with Gasteiger partial charge in [-0.05, 0) is 30.7 Å². The fraction of sp³-hybridized carbons (Fsp3) is 0.278. The molecular weight excluding hydrogens is 375 g/mol. The fourth-order valence-corrected chi connectivity index (χ4v) is 3.08. The Balaban J connectivity index is 1.36. The second kappa shape index (κ2) is 7.02. The summed E-state index contributed by atoms with van der Waals surface area (Å²) in [6.07, 6.45) is -1.41. The molecule has 0 spiro atoms. The molecule has 7 nitrogen and oxygen atoms in total. The Hall–Kier alpha value is -3.30. The van der Waals surface area contributed by atoms with Gasteiger partial charge >= 0.3 is 6.18 Å². The molecule has 0 unspecified atom stereocenters. The number of alkyl halides is 3. The first-order valence-electron chi connectivity index (χ1n) is 8.58. The summed E-state index contributed by atoms with van der Waals surface area (Å²) in [6.45, 7) is 1.04. The predicted molar refractivity (Wildman–Crippen MR) is 93.6 cm³/mol. The first-order chi connectivity index (χ1) is 13.4. The number of H-pyrrole nitrogens is 1. The summed E-state index contributed by atoms with van der Waals surface area (Å²) in [5.41, 5.74) is 0.0425. The Morgan fingerprint density at radius 3 is 2.86 bits per heavy atom. The normalized spacial score (nSPS) is 17.1. The Kier molecular flexibility index (Phi) is 4.54. The highest BCUT2D eigenvalue weighted by atomic mass is 19.4. The zero-order valence-electron chi connectivity index (χ0n) is 14.5. The summed E-state index contributed by atoms with van der Waals surface area (Å²) >= 11 is 0. The van der Waals surface area contributed by atoms with Crippen molar-refractivity contribution in [3.05, 3.63) is 54.0 Å². The molecule has 4 rings (SSSR count). The third kappa shape index (κ3) is 3.71. The monoisotopic (exact) mass is 391 g/mol. The number of carbonyl (C=O) groups is 1. The zero-order valence-corrected chi connectivity index (χ0v) is 14.5. The van der Waals surface area contributed by atoms with Gasteiger partial charge in [-0.3, -0.25) is 9.89 Å². The molecule has 1 fully saturated rings. The average molecular weight is 391 g/mol. The van der Waals surface area contributed by atoms with Crippen molar-refractivity contribution in [3.8, 4) is 11.5 Å². The number of rotatable bonds is 4. The summed E-state index contributed by atoms with van der Waals surface area (Å²) in [4.78, 5) is 18.1. The molecule has 1 amide bonds. The molecule has 28 heavy (non-hydrogen) atoms. The minimum atomic E-state index is -4.41. The molecule has 1 saturated heterocycles. The number of anilines is 1. The van der Waals surface area contributed by atoms with Gasteiger partial charge in [-0.2, -0.15) is 18.3 Å². The topological polar surface area (TPSA) is 87.0 Å². The van der Waals surface area contributed by atoms with E-state index in [0.717, 1.165) is 12.3 Å². The number of hydrogen-bond donors (Lipinski definition) is 2. The van der Waals surface area contributed by atoms with E-state index < -0.39 is 11.7 Å². The Labute approximate surface area is 157 Å². The Morgan fingerprint density at radius 2 is 2.18 bits per heavy atom. The molecule has 0 aromatic carbocycles. The molecule has 0 aliphatic carbocycles. The lowest BCUT2D eigenvalue weighted by Crippen LogP contribution is -2.37. The molecule has 1 aliphatic heterocycles. The van der Waals surface area contributed by atoms with Crippen molar-refractivity contribution >= 4 is 11.7 Å². The number of amides is 1. The zero-order chi connectivity index (χ0) is 19.7. The van der Waals surface area contributed by atoms with Gasteiger partial charge in [-0.1, -0.05) is 0 Å². The van der Waals surface area contributed by atoms with E-state index in [1.165, 1.54) is 12.3 Å². The minimum Gasteiger partial charge on any atom is -0.463 e. The Morgan fingerprint density at radius 1 is 1.32 bits per heavy atom. The first kappa shape index (κ1) is 18.1. The third-order valence-corrected chi connectivity index (χ3v) is 4.52. The number of hydrogen-bond acceptors (Lipinski definition) is 5. The van der Waals surface area contributed by atoms with E-state index in [0.29, 0.717) is 36.8 Å². The van der Waals surface area contributed by atoms with Crippen molar-refractivity contribution in [2.75, 3.05) is 18.0 Å². The highest BCUT2D eigenvalue weighted by molar-refractivity contribution is 5.93. The summed E-state index contributed by atoms with van der Waals surface area (Å²) < 4.78 is 43.2. The largest absolute Gasteiger partial charge is 0.463 e. The molecule has 0 bridgehead atoms. The summed E-state index contributed by atoms with van der Waals surface area (Å²) in [5.74, 6) is 0.692. The molecule has 1 atom stereocenters. The molecular formula is C18H16F3N5O2. The van der Waals surface area contributed by atoms with Crippen LogP contribution >= 0.6 is 0 Å². The smallest absolute Gasteiger partial charge is 0.417 e. The molecule has 0 radical (unpaired) electrons. The van der Waals surface area contributed by atoms with E-state index in [4.69, 9.17) is 4.42 Å². The molecule has 3 aromatic heterocycles. The molecule has 0 saturated carbocycles. The van der Waals surface area contributed by atoms with E-state index in [1.54, 1.807) is 18.2 Å². The molecule has 146 valence electrons. The van der Waals surface area contributed by atoms with Gasteiger partial charge in [-0.15, -0.1) is 0 Å². The van der Waals surface area contributed by atoms with Crippen LogP contribution in [0.5, 0.6) is 0 Å². The average Bonchev–Trinajstić information content (AvgIpc) is 3.41. The van der Waals surface area contributed by atoms with Gasteiger partial charge in [0.05, 0.1) is 11.8 Å². The van der Waals surface area contributed by atoms with Gasteiger partial charge in [0.15, 0.2) is 11.5 Å². The van der Waals surface area contributed by atoms with Crippen LogP contribution in [0, 0.1) is 0 Å². The van der Waals surface area contributed by atoms with Crippen molar-refractivity contribution in [2.24, 2.45) is 0 Å². The summed E-state index contributed by atoms with van der Waals surface area (Å²) in [5, 5.41) is 9.63. The van der Waals surface area contributed by atoms with Crippen LogP contribution in [0.2, 0.25) is 0 Å². The van der Waals surface area contributed by atoms with E-state index >= 15 is 0 Å². The maximum absolute atomic E-state index is 12.6. The molecule has 2 N–H and O–H groups in total. The molecule has 10 heteroatoms. The first-order valence-corrected chi connectivity index (χ1v) is 8.58. The number of aromatic amines is 1.